The van der Waals surface area contributed by atoms with Gasteiger partial charge in [0.05, 0.1) is 11.0 Å². The topological polar surface area (TPSA) is 92.0 Å². The molecule has 1 aromatic carbocycles. The lowest BCUT2D eigenvalue weighted by molar-refractivity contribution is -0.142. The van der Waals surface area contributed by atoms with Crippen molar-refractivity contribution in [1.29, 1.82) is 0 Å². The van der Waals surface area contributed by atoms with Gasteiger partial charge in [0.1, 0.15) is 5.54 Å². The smallest absolute Gasteiger partial charge is 0.323 e. The normalized spacial score (nSPS) is 14.3. The molecule has 0 radical (unpaired) electrons. The molecule has 4 N–H and O–H groups in total. The monoisotopic (exact) mass is 293 g/mol. The Balaban J connectivity index is 1.75. The number of carbonyl (C=O) groups is 1. The molecule has 0 amide bonds. The van der Waals surface area contributed by atoms with Crippen molar-refractivity contribution in [2.75, 3.05) is 5.75 Å². The second-order valence-corrected chi connectivity index (χ2v) is 6.17. The number of carboxylic acids is 1. The van der Waals surface area contributed by atoms with E-state index in [2.05, 4.69) is 9.97 Å². The SMILES string of the molecule is CC(N)(CCCCSc1nc2ccccc2[nH]1)C(=O)O. The number of imidazole rings is 1. The molecule has 0 aliphatic rings. The van der Waals surface area contributed by atoms with Crippen LogP contribution in [0.15, 0.2) is 29.4 Å². The van der Waals surface area contributed by atoms with Crippen LogP contribution in [-0.2, 0) is 4.79 Å². The zero-order valence-electron chi connectivity index (χ0n) is 11.4. The standard InChI is InChI=1S/C14H19N3O2S/c1-14(15,12(18)19)8-4-5-9-20-13-16-10-6-2-3-7-11(10)17-13/h2-3,6-7H,4-5,8-9,15H2,1H3,(H,16,17)(H,18,19). The molecule has 108 valence electrons. The van der Waals surface area contributed by atoms with E-state index in [-0.39, 0.29) is 0 Å². The number of aliphatic carboxylic acids is 1. The van der Waals surface area contributed by atoms with Gasteiger partial charge in [-0.3, -0.25) is 4.79 Å². The fourth-order valence-corrected chi connectivity index (χ4v) is 2.75. The molecule has 2 rings (SSSR count). The highest BCUT2D eigenvalue weighted by atomic mass is 32.2. The van der Waals surface area contributed by atoms with Crippen molar-refractivity contribution in [3.63, 3.8) is 0 Å². The highest BCUT2D eigenvalue weighted by Gasteiger charge is 2.26. The molecule has 6 heteroatoms. The van der Waals surface area contributed by atoms with Crippen LogP contribution >= 0.6 is 11.8 Å². The lowest BCUT2D eigenvalue weighted by atomic mass is 9.97. The summed E-state index contributed by atoms with van der Waals surface area (Å²) in [6, 6.07) is 7.91. The first-order chi connectivity index (χ1) is 9.49. The number of aromatic nitrogens is 2. The van der Waals surface area contributed by atoms with Gasteiger partial charge < -0.3 is 15.8 Å². The minimum Gasteiger partial charge on any atom is -0.480 e. The summed E-state index contributed by atoms with van der Waals surface area (Å²) in [4.78, 5) is 18.6. The molecule has 5 nitrogen and oxygen atoms in total. The number of fused-ring (bicyclic) bond motifs is 1. The zero-order chi connectivity index (χ0) is 14.6. The summed E-state index contributed by atoms with van der Waals surface area (Å²) < 4.78 is 0. The number of para-hydroxylation sites is 2. The summed E-state index contributed by atoms with van der Waals surface area (Å²) in [6.45, 7) is 1.56. The molecule has 2 aromatic rings. The number of carboxylic acid groups (broad SMARTS) is 1. The van der Waals surface area contributed by atoms with E-state index >= 15 is 0 Å². The van der Waals surface area contributed by atoms with E-state index in [0.29, 0.717) is 6.42 Å². The van der Waals surface area contributed by atoms with Crippen molar-refractivity contribution in [3.05, 3.63) is 24.3 Å². The molecule has 0 saturated carbocycles. The Kier molecular flexibility index (Phi) is 4.67. The molecule has 0 saturated heterocycles. The Labute approximate surface area is 122 Å². The Morgan fingerprint density at radius 1 is 1.45 bits per heavy atom. The number of rotatable bonds is 7. The van der Waals surface area contributed by atoms with Crippen molar-refractivity contribution in [3.8, 4) is 0 Å². The average molecular weight is 293 g/mol. The first-order valence-corrected chi connectivity index (χ1v) is 7.57. The van der Waals surface area contributed by atoms with Crippen LogP contribution in [0.1, 0.15) is 26.2 Å². The summed E-state index contributed by atoms with van der Waals surface area (Å²) in [6.07, 6.45) is 2.21. The third-order valence-electron chi connectivity index (χ3n) is 3.19. The first-order valence-electron chi connectivity index (χ1n) is 6.59. The molecule has 0 bridgehead atoms. The molecule has 20 heavy (non-hydrogen) atoms. The number of hydrogen-bond acceptors (Lipinski definition) is 4. The van der Waals surface area contributed by atoms with E-state index in [0.717, 1.165) is 34.8 Å². The van der Waals surface area contributed by atoms with Crippen LogP contribution < -0.4 is 5.73 Å². The number of unbranched alkanes of at least 4 members (excludes halogenated alkanes) is 1. The zero-order valence-corrected chi connectivity index (χ0v) is 12.2. The van der Waals surface area contributed by atoms with Crippen LogP contribution in [0.2, 0.25) is 0 Å². The molecule has 0 spiro atoms. The number of nitrogens with two attached hydrogens (primary N) is 1. The maximum absolute atomic E-state index is 10.9. The molecule has 1 aromatic heterocycles. The minimum atomic E-state index is -1.12. The molecular weight excluding hydrogens is 274 g/mol. The van der Waals surface area contributed by atoms with Gasteiger partial charge in [-0.05, 0) is 31.9 Å². The summed E-state index contributed by atoms with van der Waals surface area (Å²) in [5, 5.41) is 9.81. The highest BCUT2D eigenvalue weighted by Crippen LogP contribution is 2.21. The number of hydrogen-bond donors (Lipinski definition) is 3. The van der Waals surface area contributed by atoms with Gasteiger partial charge in [-0.2, -0.15) is 0 Å². The molecular formula is C14H19N3O2S. The maximum Gasteiger partial charge on any atom is 0.323 e. The van der Waals surface area contributed by atoms with Crippen LogP contribution in [-0.4, -0.2) is 32.3 Å². The highest BCUT2D eigenvalue weighted by molar-refractivity contribution is 7.99. The van der Waals surface area contributed by atoms with Crippen molar-refractivity contribution in [1.82, 2.24) is 9.97 Å². The third-order valence-corrected chi connectivity index (χ3v) is 4.15. The molecule has 1 heterocycles. The van der Waals surface area contributed by atoms with E-state index in [1.807, 2.05) is 24.3 Å². The maximum atomic E-state index is 10.9. The summed E-state index contributed by atoms with van der Waals surface area (Å²) in [7, 11) is 0. The average Bonchev–Trinajstić information content (AvgIpc) is 2.80. The minimum absolute atomic E-state index is 0.489. The first kappa shape index (κ1) is 14.9. The van der Waals surface area contributed by atoms with E-state index in [9.17, 15) is 4.79 Å². The van der Waals surface area contributed by atoms with E-state index in [1.165, 1.54) is 0 Å². The predicted octanol–water partition coefficient (Wildman–Crippen LogP) is 2.63. The van der Waals surface area contributed by atoms with Gasteiger partial charge in [-0.1, -0.05) is 30.3 Å². The van der Waals surface area contributed by atoms with Gasteiger partial charge in [0.25, 0.3) is 0 Å². The van der Waals surface area contributed by atoms with Crippen molar-refractivity contribution >= 4 is 28.8 Å². The quantitative estimate of drug-likeness (QED) is 0.539. The van der Waals surface area contributed by atoms with Gasteiger partial charge in [-0.15, -0.1) is 0 Å². The van der Waals surface area contributed by atoms with E-state index < -0.39 is 11.5 Å². The van der Waals surface area contributed by atoms with Crippen LogP contribution in [0.3, 0.4) is 0 Å². The number of aromatic amines is 1. The summed E-state index contributed by atoms with van der Waals surface area (Å²) in [5.74, 6) is -0.0439. The summed E-state index contributed by atoms with van der Waals surface area (Å²) in [5.41, 5.74) is 6.56. The molecule has 0 aliphatic carbocycles. The van der Waals surface area contributed by atoms with Crippen LogP contribution in [0.25, 0.3) is 11.0 Å². The van der Waals surface area contributed by atoms with Gasteiger partial charge in [0, 0.05) is 5.75 Å². The van der Waals surface area contributed by atoms with Gasteiger partial charge >= 0.3 is 5.97 Å². The Morgan fingerprint density at radius 3 is 2.90 bits per heavy atom. The van der Waals surface area contributed by atoms with Crippen molar-refractivity contribution in [2.45, 2.75) is 36.9 Å². The Morgan fingerprint density at radius 2 is 2.20 bits per heavy atom. The molecule has 1 atom stereocenters. The Hall–Kier alpha value is -1.53. The molecule has 1 unspecified atom stereocenters. The molecule has 0 aliphatic heterocycles. The third kappa shape index (κ3) is 3.74. The van der Waals surface area contributed by atoms with Crippen molar-refractivity contribution in [2.24, 2.45) is 5.73 Å². The largest absolute Gasteiger partial charge is 0.480 e. The lowest BCUT2D eigenvalue weighted by Gasteiger charge is -2.18. The van der Waals surface area contributed by atoms with Crippen LogP contribution in [0, 0.1) is 0 Å². The van der Waals surface area contributed by atoms with Crippen molar-refractivity contribution < 1.29 is 9.90 Å². The van der Waals surface area contributed by atoms with Gasteiger partial charge in [0.15, 0.2) is 5.16 Å². The fourth-order valence-electron chi connectivity index (χ4n) is 1.87. The fraction of sp³-hybridized carbons (Fsp3) is 0.429. The second-order valence-electron chi connectivity index (χ2n) is 5.09. The number of nitrogens with one attached hydrogen (secondary N) is 1. The Bertz CT molecular complexity index is 562. The van der Waals surface area contributed by atoms with E-state index in [4.69, 9.17) is 10.8 Å². The molecule has 0 fully saturated rings. The lowest BCUT2D eigenvalue weighted by Crippen LogP contribution is -2.44. The summed E-state index contributed by atoms with van der Waals surface area (Å²) >= 11 is 1.65. The van der Waals surface area contributed by atoms with Gasteiger partial charge in [0.2, 0.25) is 0 Å². The second kappa shape index (κ2) is 6.28. The number of thioether (sulfide) groups is 1. The number of H-pyrrole nitrogens is 1. The predicted molar refractivity (Wildman–Crippen MR) is 80.9 cm³/mol. The van der Waals surface area contributed by atoms with Crippen LogP contribution in [0.4, 0.5) is 0 Å². The van der Waals surface area contributed by atoms with Gasteiger partial charge in [-0.25, -0.2) is 4.98 Å². The number of benzene rings is 1. The number of nitrogens with zero attached hydrogens (tertiary/aromatic N) is 1. The van der Waals surface area contributed by atoms with E-state index in [1.54, 1.807) is 18.7 Å². The van der Waals surface area contributed by atoms with Crippen LogP contribution in [0.5, 0.6) is 0 Å².